The first-order valence-corrected chi connectivity index (χ1v) is 8.30. The number of amides is 1. The lowest BCUT2D eigenvalue weighted by molar-refractivity contribution is 0.0953. The number of carbonyl (C=O) groups excluding carboxylic acids is 1. The third kappa shape index (κ3) is 4.80. The van der Waals surface area contributed by atoms with E-state index in [9.17, 15) is 4.79 Å². The number of hydrogen-bond acceptors (Lipinski definition) is 5. The minimum atomic E-state index is -0.190. The summed E-state index contributed by atoms with van der Waals surface area (Å²) in [5, 5.41) is 5.95. The van der Waals surface area contributed by atoms with Gasteiger partial charge in [0.2, 0.25) is 5.95 Å². The molecule has 3 aromatic rings. The Bertz CT molecular complexity index is 834. The van der Waals surface area contributed by atoms with Crippen molar-refractivity contribution in [2.45, 2.75) is 6.42 Å². The summed E-state index contributed by atoms with van der Waals surface area (Å²) >= 11 is 0. The molecule has 1 heterocycles. The summed E-state index contributed by atoms with van der Waals surface area (Å²) in [7, 11) is 1.64. The maximum atomic E-state index is 12.2. The Morgan fingerprint density at radius 2 is 1.69 bits per heavy atom. The highest BCUT2D eigenvalue weighted by molar-refractivity contribution is 5.93. The van der Waals surface area contributed by atoms with Crippen molar-refractivity contribution in [1.82, 2.24) is 15.3 Å². The van der Waals surface area contributed by atoms with Crippen molar-refractivity contribution in [3.63, 3.8) is 0 Å². The summed E-state index contributed by atoms with van der Waals surface area (Å²) < 4.78 is 5.13. The van der Waals surface area contributed by atoms with Crippen LogP contribution in [-0.4, -0.2) is 29.5 Å². The molecule has 0 aliphatic rings. The predicted molar refractivity (Wildman–Crippen MR) is 101 cm³/mol. The molecule has 132 valence electrons. The van der Waals surface area contributed by atoms with Crippen LogP contribution in [0.5, 0.6) is 5.75 Å². The number of rotatable bonds is 7. The largest absolute Gasteiger partial charge is 0.497 e. The summed E-state index contributed by atoms with van der Waals surface area (Å²) in [5.74, 6) is 1.08. The zero-order valence-corrected chi connectivity index (χ0v) is 14.5. The fourth-order valence-corrected chi connectivity index (χ4v) is 2.38. The number of nitrogens with zero attached hydrogens (tertiary/aromatic N) is 2. The van der Waals surface area contributed by atoms with Gasteiger partial charge in [-0.2, -0.15) is 0 Å². The molecule has 1 amide bonds. The lowest BCUT2D eigenvalue weighted by atomic mass is 10.1. The quantitative estimate of drug-likeness (QED) is 0.686. The number of benzene rings is 2. The van der Waals surface area contributed by atoms with Crippen LogP contribution in [0.3, 0.4) is 0 Å². The van der Waals surface area contributed by atoms with Crippen LogP contribution >= 0.6 is 0 Å². The molecule has 6 heteroatoms. The molecule has 2 N–H and O–H groups in total. The number of carbonyl (C=O) groups is 1. The van der Waals surface area contributed by atoms with Gasteiger partial charge in [-0.15, -0.1) is 0 Å². The second-order valence-electron chi connectivity index (χ2n) is 5.64. The number of hydrogen-bond donors (Lipinski definition) is 2. The first kappa shape index (κ1) is 17.4. The van der Waals surface area contributed by atoms with E-state index < -0.39 is 0 Å². The molecule has 2 aromatic carbocycles. The smallest absolute Gasteiger partial charge is 0.254 e. The molecule has 0 bridgehead atoms. The summed E-state index contributed by atoms with van der Waals surface area (Å²) in [6, 6.07) is 17.4. The van der Waals surface area contributed by atoms with Crippen molar-refractivity contribution in [2.24, 2.45) is 0 Å². The summed E-state index contributed by atoms with van der Waals surface area (Å²) in [6.45, 7) is 0.537. The molecule has 0 fully saturated rings. The zero-order valence-electron chi connectivity index (χ0n) is 14.5. The van der Waals surface area contributed by atoms with Gasteiger partial charge in [-0.3, -0.25) is 4.79 Å². The van der Waals surface area contributed by atoms with Gasteiger partial charge in [-0.25, -0.2) is 9.97 Å². The predicted octanol–water partition coefficient (Wildman–Crippen LogP) is 3.20. The average molecular weight is 348 g/mol. The Hall–Kier alpha value is -3.41. The number of ether oxygens (including phenoxy) is 1. The van der Waals surface area contributed by atoms with Crippen LogP contribution < -0.4 is 15.4 Å². The van der Waals surface area contributed by atoms with E-state index in [4.69, 9.17) is 4.74 Å². The number of methoxy groups -OCH3 is 1. The Balaban J connectivity index is 1.49. The molecule has 0 aliphatic carbocycles. The minimum Gasteiger partial charge on any atom is -0.497 e. The van der Waals surface area contributed by atoms with Gasteiger partial charge in [0.05, 0.1) is 12.7 Å². The van der Waals surface area contributed by atoms with Crippen molar-refractivity contribution in [1.29, 1.82) is 0 Å². The third-order valence-corrected chi connectivity index (χ3v) is 3.80. The maximum Gasteiger partial charge on any atom is 0.254 e. The van der Waals surface area contributed by atoms with Crippen molar-refractivity contribution in [2.75, 3.05) is 19.0 Å². The van der Waals surface area contributed by atoms with Gasteiger partial charge < -0.3 is 15.4 Å². The second-order valence-corrected chi connectivity index (χ2v) is 5.64. The Labute approximate surface area is 152 Å². The molecule has 0 radical (unpaired) electrons. The summed E-state index contributed by atoms with van der Waals surface area (Å²) in [6.07, 6.45) is 3.77. The molecule has 6 nitrogen and oxygen atoms in total. The van der Waals surface area contributed by atoms with Crippen LogP contribution in [0, 0.1) is 0 Å². The van der Waals surface area contributed by atoms with E-state index in [0.29, 0.717) is 18.1 Å². The van der Waals surface area contributed by atoms with Gasteiger partial charge >= 0.3 is 0 Å². The Kier molecular flexibility index (Phi) is 5.77. The number of aromatic nitrogens is 2. The molecular weight excluding hydrogens is 328 g/mol. The maximum absolute atomic E-state index is 12.2. The molecule has 0 unspecified atom stereocenters. The van der Waals surface area contributed by atoms with Gasteiger partial charge in [0.1, 0.15) is 5.75 Å². The Morgan fingerprint density at radius 1 is 1.00 bits per heavy atom. The fraction of sp³-hybridized carbons (Fsp3) is 0.150. The fourth-order valence-electron chi connectivity index (χ4n) is 2.38. The van der Waals surface area contributed by atoms with E-state index in [1.54, 1.807) is 7.11 Å². The summed E-state index contributed by atoms with van der Waals surface area (Å²) in [5.41, 5.74) is 2.45. The lowest BCUT2D eigenvalue weighted by Gasteiger charge is -2.07. The molecule has 0 aliphatic heterocycles. The highest BCUT2D eigenvalue weighted by Gasteiger charge is 2.07. The minimum absolute atomic E-state index is 0.190. The molecule has 0 spiro atoms. The standard InChI is InChI=1S/C20H20N4O2/c1-26-18-9-7-15(8-10-18)11-12-21-19(25)16-13-22-20(23-14-16)24-17-5-3-2-4-6-17/h2-10,13-14H,11-12H2,1H3,(H,21,25)(H,22,23,24). The molecule has 3 rings (SSSR count). The highest BCUT2D eigenvalue weighted by Crippen LogP contribution is 2.12. The third-order valence-electron chi connectivity index (χ3n) is 3.80. The van der Waals surface area contributed by atoms with Crippen molar-refractivity contribution in [3.05, 3.63) is 78.1 Å². The van der Waals surface area contributed by atoms with E-state index in [-0.39, 0.29) is 5.91 Å². The molecule has 0 atom stereocenters. The van der Waals surface area contributed by atoms with Crippen LogP contribution in [0.1, 0.15) is 15.9 Å². The van der Waals surface area contributed by atoms with E-state index in [0.717, 1.165) is 23.4 Å². The molecule has 26 heavy (non-hydrogen) atoms. The van der Waals surface area contributed by atoms with Gasteiger partial charge in [-0.1, -0.05) is 30.3 Å². The van der Waals surface area contributed by atoms with E-state index >= 15 is 0 Å². The highest BCUT2D eigenvalue weighted by atomic mass is 16.5. The first-order valence-electron chi connectivity index (χ1n) is 8.30. The van der Waals surface area contributed by atoms with Gasteiger partial charge in [0.25, 0.3) is 5.91 Å². The molecule has 0 saturated heterocycles. The normalized spacial score (nSPS) is 10.2. The van der Waals surface area contributed by atoms with Crippen LogP contribution in [0.2, 0.25) is 0 Å². The Morgan fingerprint density at radius 3 is 2.35 bits per heavy atom. The SMILES string of the molecule is COc1ccc(CCNC(=O)c2cnc(Nc3ccccc3)nc2)cc1. The molecule has 1 aromatic heterocycles. The van der Waals surface area contributed by atoms with E-state index in [1.165, 1.54) is 12.4 Å². The first-order chi connectivity index (χ1) is 12.7. The molecular formula is C20H20N4O2. The van der Waals surface area contributed by atoms with E-state index in [2.05, 4.69) is 20.6 Å². The monoisotopic (exact) mass is 348 g/mol. The van der Waals surface area contributed by atoms with Crippen LogP contribution in [0.25, 0.3) is 0 Å². The van der Waals surface area contributed by atoms with Crippen molar-refractivity contribution >= 4 is 17.5 Å². The lowest BCUT2D eigenvalue weighted by Crippen LogP contribution is -2.26. The van der Waals surface area contributed by atoms with Gasteiger partial charge in [0, 0.05) is 24.6 Å². The second kappa shape index (κ2) is 8.62. The topological polar surface area (TPSA) is 76.1 Å². The number of anilines is 2. The van der Waals surface area contributed by atoms with Crippen LogP contribution in [-0.2, 0) is 6.42 Å². The van der Waals surface area contributed by atoms with Crippen LogP contribution in [0.4, 0.5) is 11.6 Å². The number of para-hydroxylation sites is 1. The van der Waals surface area contributed by atoms with E-state index in [1.807, 2.05) is 54.6 Å². The molecule has 0 saturated carbocycles. The van der Waals surface area contributed by atoms with Crippen molar-refractivity contribution < 1.29 is 9.53 Å². The zero-order chi connectivity index (χ0) is 18.2. The van der Waals surface area contributed by atoms with Crippen molar-refractivity contribution in [3.8, 4) is 5.75 Å². The summed E-state index contributed by atoms with van der Waals surface area (Å²) in [4.78, 5) is 20.5. The number of nitrogens with one attached hydrogen (secondary N) is 2. The van der Waals surface area contributed by atoms with Crippen LogP contribution in [0.15, 0.2) is 67.0 Å². The van der Waals surface area contributed by atoms with Gasteiger partial charge in [0.15, 0.2) is 0 Å². The van der Waals surface area contributed by atoms with Gasteiger partial charge in [-0.05, 0) is 36.2 Å². The average Bonchev–Trinajstić information content (AvgIpc) is 2.70.